The summed E-state index contributed by atoms with van der Waals surface area (Å²) in [7, 11) is 0. The SMILES string of the molecule is Cc1ccc(NC2CCN(C(=O)C(N)=O)CC2)c(C)c1. The van der Waals surface area contributed by atoms with Crippen LogP contribution in [0, 0.1) is 13.8 Å². The van der Waals surface area contributed by atoms with Crippen molar-refractivity contribution in [2.45, 2.75) is 32.7 Å². The van der Waals surface area contributed by atoms with Gasteiger partial charge in [-0.3, -0.25) is 9.59 Å². The van der Waals surface area contributed by atoms with E-state index in [1.165, 1.54) is 16.0 Å². The fourth-order valence-electron chi connectivity index (χ4n) is 2.58. The first-order chi connectivity index (χ1) is 9.47. The molecule has 0 aromatic heterocycles. The highest BCUT2D eigenvalue weighted by Crippen LogP contribution is 2.21. The Hall–Kier alpha value is -2.04. The molecule has 1 aliphatic rings. The average Bonchev–Trinajstić information content (AvgIpc) is 2.42. The Morgan fingerprint density at radius 3 is 2.45 bits per heavy atom. The van der Waals surface area contributed by atoms with E-state index in [-0.39, 0.29) is 0 Å². The molecule has 5 heteroatoms. The molecule has 108 valence electrons. The van der Waals surface area contributed by atoms with Gasteiger partial charge in [0.15, 0.2) is 0 Å². The zero-order valence-corrected chi connectivity index (χ0v) is 12.0. The number of hydrogen-bond acceptors (Lipinski definition) is 3. The highest BCUT2D eigenvalue weighted by Gasteiger charge is 2.25. The van der Waals surface area contributed by atoms with Gasteiger partial charge in [-0.2, -0.15) is 0 Å². The minimum Gasteiger partial charge on any atom is -0.382 e. The second kappa shape index (κ2) is 5.94. The molecule has 0 atom stereocenters. The van der Waals surface area contributed by atoms with Crippen molar-refractivity contribution in [2.75, 3.05) is 18.4 Å². The standard InChI is InChI=1S/C15H21N3O2/c1-10-3-4-13(11(2)9-10)17-12-5-7-18(8-6-12)15(20)14(16)19/h3-4,9,12,17H,5-8H2,1-2H3,(H2,16,19). The molecule has 5 nitrogen and oxygen atoms in total. The summed E-state index contributed by atoms with van der Waals surface area (Å²) in [5, 5.41) is 3.51. The largest absolute Gasteiger partial charge is 0.382 e. The number of piperidine rings is 1. The number of anilines is 1. The number of amides is 2. The normalized spacial score (nSPS) is 16.0. The van der Waals surface area contributed by atoms with Crippen LogP contribution in [-0.2, 0) is 9.59 Å². The average molecular weight is 275 g/mol. The summed E-state index contributed by atoms with van der Waals surface area (Å²) >= 11 is 0. The molecule has 1 fully saturated rings. The van der Waals surface area contributed by atoms with Gasteiger partial charge in [0.25, 0.3) is 0 Å². The molecule has 0 bridgehead atoms. The van der Waals surface area contributed by atoms with Crippen molar-refractivity contribution in [3.05, 3.63) is 29.3 Å². The first-order valence-corrected chi connectivity index (χ1v) is 6.90. The maximum absolute atomic E-state index is 11.5. The quantitative estimate of drug-likeness (QED) is 0.796. The summed E-state index contributed by atoms with van der Waals surface area (Å²) < 4.78 is 0. The molecule has 0 unspecified atom stereocenters. The third kappa shape index (κ3) is 3.29. The number of aryl methyl sites for hydroxylation is 2. The summed E-state index contributed by atoms with van der Waals surface area (Å²) in [5.74, 6) is -1.44. The van der Waals surface area contributed by atoms with Gasteiger partial charge in [0.2, 0.25) is 0 Å². The van der Waals surface area contributed by atoms with E-state index in [0.717, 1.165) is 18.5 Å². The van der Waals surface area contributed by atoms with Crippen LogP contribution >= 0.6 is 0 Å². The van der Waals surface area contributed by atoms with Gasteiger partial charge in [0.05, 0.1) is 0 Å². The molecule has 1 aromatic rings. The van der Waals surface area contributed by atoms with Gasteiger partial charge in [0.1, 0.15) is 0 Å². The van der Waals surface area contributed by atoms with Gasteiger partial charge >= 0.3 is 11.8 Å². The molecular formula is C15H21N3O2. The van der Waals surface area contributed by atoms with E-state index >= 15 is 0 Å². The van der Waals surface area contributed by atoms with E-state index in [9.17, 15) is 9.59 Å². The summed E-state index contributed by atoms with van der Waals surface area (Å²) in [5.41, 5.74) is 8.62. The number of rotatable bonds is 2. The zero-order chi connectivity index (χ0) is 14.7. The van der Waals surface area contributed by atoms with Crippen LogP contribution in [0.15, 0.2) is 18.2 Å². The van der Waals surface area contributed by atoms with E-state index < -0.39 is 11.8 Å². The molecule has 1 aromatic carbocycles. The first-order valence-electron chi connectivity index (χ1n) is 6.90. The van der Waals surface area contributed by atoms with Crippen molar-refractivity contribution in [3.63, 3.8) is 0 Å². The van der Waals surface area contributed by atoms with Crippen LogP contribution in [0.25, 0.3) is 0 Å². The molecular weight excluding hydrogens is 254 g/mol. The van der Waals surface area contributed by atoms with Crippen LogP contribution in [0.4, 0.5) is 5.69 Å². The topological polar surface area (TPSA) is 75.4 Å². The summed E-state index contributed by atoms with van der Waals surface area (Å²) in [4.78, 5) is 23.9. The smallest absolute Gasteiger partial charge is 0.311 e. The van der Waals surface area contributed by atoms with Crippen molar-refractivity contribution < 1.29 is 9.59 Å². The minimum absolute atomic E-state index is 0.327. The molecule has 0 saturated carbocycles. The van der Waals surface area contributed by atoms with Crippen LogP contribution in [-0.4, -0.2) is 35.8 Å². The minimum atomic E-state index is -0.870. The number of nitrogens with zero attached hydrogens (tertiary/aromatic N) is 1. The van der Waals surface area contributed by atoms with Crippen LogP contribution in [0.1, 0.15) is 24.0 Å². The molecule has 1 aliphatic heterocycles. The molecule has 0 aliphatic carbocycles. The van der Waals surface area contributed by atoms with Crippen molar-refractivity contribution in [1.82, 2.24) is 4.90 Å². The Kier molecular flexibility index (Phi) is 4.27. The highest BCUT2D eigenvalue weighted by molar-refractivity contribution is 6.34. The van der Waals surface area contributed by atoms with Crippen molar-refractivity contribution in [2.24, 2.45) is 5.73 Å². The molecule has 0 spiro atoms. The number of nitrogens with two attached hydrogens (primary N) is 1. The van der Waals surface area contributed by atoms with E-state index in [1.54, 1.807) is 0 Å². The third-order valence-corrected chi connectivity index (χ3v) is 3.73. The maximum Gasteiger partial charge on any atom is 0.311 e. The van der Waals surface area contributed by atoms with Gasteiger partial charge in [-0.15, -0.1) is 0 Å². The Bertz CT molecular complexity index is 520. The van der Waals surface area contributed by atoms with Crippen LogP contribution in [0.3, 0.4) is 0 Å². The monoisotopic (exact) mass is 275 g/mol. The van der Waals surface area contributed by atoms with Gasteiger partial charge in [-0.25, -0.2) is 0 Å². The number of carbonyl (C=O) groups excluding carboxylic acids is 2. The number of carbonyl (C=O) groups is 2. The lowest BCUT2D eigenvalue weighted by atomic mass is 10.0. The molecule has 2 rings (SSSR count). The Morgan fingerprint density at radius 1 is 1.25 bits per heavy atom. The third-order valence-electron chi connectivity index (χ3n) is 3.73. The number of likely N-dealkylation sites (tertiary alicyclic amines) is 1. The van der Waals surface area contributed by atoms with Crippen molar-refractivity contribution in [3.8, 4) is 0 Å². The maximum atomic E-state index is 11.5. The van der Waals surface area contributed by atoms with Crippen LogP contribution < -0.4 is 11.1 Å². The summed E-state index contributed by atoms with van der Waals surface area (Å²) in [6.07, 6.45) is 1.65. The van der Waals surface area contributed by atoms with Gasteiger partial charge in [-0.1, -0.05) is 17.7 Å². The second-order valence-electron chi connectivity index (χ2n) is 5.39. The van der Waals surface area contributed by atoms with E-state index in [0.29, 0.717) is 19.1 Å². The van der Waals surface area contributed by atoms with Crippen LogP contribution in [0.2, 0.25) is 0 Å². The fraction of sp³-hybridized carbons (Fsp3) is 0.467. The Labute approximate surface area is 119 Å². The lowest BCUT2D eigenvalue weighted by Crippen LogP contribution is -2.47. The number of primary amides is 1. The van der Waals surface area contributed by atoms with Crippen LogP contribution in [0.5, 0.6) is 0 Å². The number of hydrogen-bond donors (Lipinski definition) is 2. The van der Waals surface area contributed by atoms with E-state index in [2.05, 4.69) is 37.4 Å². The number of nitrogens with one attached hydrogen (secondary N) is 1. The second-order valence-corrected chi connectivity index (χ2v) is 5.39. The first kappa shape index (κ1) is 14.4. The summed E-state index contributed by atoms with van der Waals surface area (Å²) in [6, 6.07) is 6.65. The molecule has 0 radical (unpaired) electrons. The number of benzene rings is 1. The zero-order valence-electron chi connectivity index (χ0n) is 12.0. The molecule has 1 saturated heterocycles. The van der Waals surface area contributed by atoms with E-state index in [1.807, 2.05) is 0 Å². The van der Waals surface area contributed by atoms with Crippen molar-refractivity contribution >= 4 is 17.5 Å². The lowest BCUT2D eigenvalue weighted by molar-refractivity contribution is -0.144. The molecule has 2 amide bonds. The molecule has 3 N–H and O–H groups in total. The highest BCUT2D eigenvalue weighted by atomic mass is 16.2. The predicted octanol–water partition coefficient (Wildman–Crippen LogP) is 1.19. The van der Waals surface area contributed by atoms with Gasteiger partial charge in [0, 0.05) is 24.8 Å². The van der Waals surface area contributed by atoms with Gasteiger partial charge in [-0.05, 0) is 38.3 Å². The predicted molar refractivity (Wildman–Crippen MR) is 78.3 cm³/mol. The molecule has 20 heavy (non-hydrogen) atoms. The lowest BCUT2D eigenvalue weighted by Gasteiger charge is -2.32. The molecule has 1 heterocycles. The fourth-order valence-corrected chi connectivity index (χ4v) is 2.58. The van der Waals surface area contributed by atoms with E-state index in [4.69, 9.17) is 5.73 Å². The Morgan fingerprint density at radius 2 is 1.90 bits per heavy atom. The summed E-state index contributed by atoms with van der Waals surface area (Å²) in [6.45, 7) is 5.31. The Balaban J connectivity index is 1.91. The van der Waals surface area contributed by atoms with Crippen molar-refractivity contribution in [1.29, 1.82) is 0 Å². The van der Waals surface area contributed by atoms with Gasteiger partial charge < -0.3 is 16.0 Å².